The Morgan fingerprint density at radius 2 is 2.20 bits per heavy atom. The van der Waals surface area contributed by atoms with Crippen molar-refractivity contribution in [2.24, 2.45) is 0 Å². The van der Waals surface area contributed by atoms with Gasteiger partial charge in [-0.25, -0.2) is 0 Å². The van der Waals surface area contributed by atoms with E-state index < -0.39 is 4.92 Å². The fourth-order valence-corrected chi connectivity index (χ4v) is 1.88. The van der Waals surface area contributed by atoms with E-state index in [0.29, 0.717) is 37.8 Å². The minimum absolute atomic E-state index is 0.00379. The van der Waals surface area contributed by atoms with Gasteiger partial charge >= 0.3 is 5.69 Å². The van der Waals surface area contributed by atoms with Crippen molar-refractivity contribution < 1.29 is 14.8 Å². The average molecular weight is 280 g/mol. The number of aliphatic hydroxyl groups is 1. The quantitative estimate of drug-likeness (QED) is 0.410. The molecule has 2 N–H and O–H groups in total. The van der Waals surface area contributed by atoms with Crippen molar-refractivity contribution in [2.75, 3.05) is 13.2 Å². The number of unbranched alkanes of at least 4 members (excludes halogenated alkanes) is 1. The second kappa shape index (κ2) is 7.21. The largest absolute Gasteiger partial charge is 0.487 e. The molecule has 0 spiro atoms. The average Bonchev–Trinajstić information content (AvgIpc) is 3.26. The van der Waals surface area contributed by atoms with Crippen LogP contribution in [-0.4, -0.2) is 29.3 Å². The summed E-state index contributed by atoms with van der Waals surface area (Å²) in [5.41, 5.74) is 0.899. The maximum atomic E-state index is 11.1. The zero-order valence-electron chi connectivity index (χ0n) is 11.4. The molecule has 0 radical (unpaired) electrons. The van der Waals surface area contributed by atoms with Crippen LogP contribution in [0.5, 0.6) is 5.75 Å². The van der Waals surface area contributed by atoms with Crippen LogP contribution >= 0.6 is 0 Å². The van der Waals surface area contributed by atoms with E-state index in [1.165, 1.54) is 12.8 Å². The number of nitrogens with one attached hydrogen (secondary N) is 1. The summed E-state index contributed by atoms with van der Waals surface area (Å²) in [6, 6.07) is 5.64. The molecule has 0 aromatic heterocycles. The molecule has 110 valence electrons. The molecule has 0 saturated heterocycles. The molecule has 1 saturated carbocycles. The monoisotopic (exact) mass is 280 g/mol. The highest BCUT2D eigenvalue weighted by Crippen LogP contribution is 2.28. The van der Waals surface area contributed by atoms with E-state index in [2.05, 4.69) is 5.32 Å². The third-order valence-electron chi connectivity index (χ3n) is 3.20. The lowest BCUT2D eigenvalue weighted by Crippen LogP contribution is -2.15. The van der Waals surface area contributed by atoms with Gasteiger partial charge in [0, 0.05) is 25.3 Å². The second-order valence-electron chi connectivity index (χ2n) is 4.99. The van der Waals surface area contributed by atoms with E-state index in [0.717, 1.165) is 5.56 Å². The Morgan fingerprint density at radius 1 is 1.40 bits per heavy atom. The van der Waals surface area contributed by atoms with Crippen LogP contribution in [-0.2, 0) is 6.54 Å². The molecule has 1 aliphatic rings. The van der Waals surface area contributed by atoms with Gasteiger partial charge in [-0.15, -0.1) is 0 Å². The third-order valence-corrected chi connectivity index (χ3v) is 3.20. The van der Waals surface area contributed by atoms with Crippen LogP contribution in [0, 0.1) is 10.1 Å². The van der Waals surface area contributed by atoms with Crippen molar-refractivity contribution in [3.8, 4) is 5.75 Å². The van der Waals surface area contributed by atoms with Crippen LogP contribution in [0.4, 0.5) is 5.69 Å². The summed E-state index contributed by atoms with van der Waals surface area (Å²) < 4.78 is 5.42. The first-order valence-electron chi connectivity index (χ1n) is 6.95. The molecular formula is C14H20N2O4. The van der Waals surface area contributed by atoms with Crippen LogP contribution in [0.15, 0.2) is 18.2 Å². The second-order valence-corrected chi connectivity index (χ2v) is 4.99. The number of nitrogens with zero attached hydrogens (tertiary/aromatic N) is 1. The lowest BCUT2D eigenvalue weighted by molar-refractivity contribution is -0.385. The van der Waals surface area contributed by atoms with E-state index >= 15 is 0 Å². The predicted molar refractivity (Wildman–Crippen MR) is 74.8 cm³/mol. The van der Waals surface area contributed by atoms with Crippen LogP contribution in [0.3, 0.4) is 0 Å². The Kier molecular flexibility index (Phi) is 5.31. The minimum Gasteiger partial charge on any atom is -0.487 e. The number of rotatable bonds is 9. The molecule has 0 atom stereocenters. The van der Waals surface area contributed by atoms with E-state index in [4.69, 9.17) is 9.84 Å². The van der Waals surface area contributed by atoms with Gasteiger partial charge in [0.1, 0.15) is 0 Å². The van der Waals surface area contributed by atoms with Gasteiger partial charge < -0.3 is 15.2 Å². The standard InChI is InChI=1S/C14H20N2O4/c17-7-1-2-8-20-14-6-3-11(9-13(14)16(18)19)10-15-12-4-5-12/h3,6,9,12,15,17H,1-2,4-5,7-8,10H2. The third kappa shape index (κ3) is 4.47. The van der Waals surface area contributed by atoms with E-state index in [1.54, 1.807) is 12.1 Å². The predicted octanol–water partition coefficient (Wildman–Crippen LogP) is 2.00. The van der Waals surface area contributed by atoms with Gasteiger partial charge in [0.15, 0.2) is 5.75 Å². The molecule has 1 fully saturated rings. The number of aliphatic hydroxyl groups excluding tert-OH is 1. The normalized spacial score (nSPS) is 14.2. The molecular weight excluding hydrogens is 260 g/mol. The van der Waals surface area contributed by atoms with Gasteiger partial charge in [-0.05, 0) is 37.3 Å². The summed E-state index contributed by atoms with van der Waals surface area (Å²) in [7, 11) is 0. The lowest BCUT2D eigenvalue weighted by atomic mass is 10.2. The van der Waals surface area contributed by atoms with Gasteiger partial charge in [0.2, 0.25) is 0 Å². The molecule has 1 aromatic carbocycles. The van der Waals surface area contributed by atoms with E-state index in [1.807, 2.05) is 6.07 Å². The Morgan fingerprint density at radius 3 is 2.85 bits per heavy atom. The van der Waals surface area contributed by atoms with E-state index in [-0.39, 0.29) is 12.3 Å². The van der Waals surface area contributed by atoms with Gasteiger partial charge in [-0.1, -0.05) is 6.07 Å². The van der Waals surface area contributed by atoms with Crippen molar-refractivity contribution in [3.63, 3.8) is 0 Å². The Hall–Kier alpha value is -1.66. The SMILES string of the molecule is O=[N+]([O-])c1cc(CNC2CC2)ccc1OCCCCO. The molecule has 20 heavy (non-hydrogen) atoms. The van der Waals surface area contributed by atoms with Crippen molar-refractivity contribution in [1.29, 1.82) is 0 Å². The van der Waals surface area contributed by atoms with Crippen LogP contribution < -0.4 is 10.1 Å². The molecule has 1 aliphatic carbocycles. The summed E-state index contributed by atoms with van der Waals surface area (Å²) in [6.07, 6.45) is 3.69. The fourth-order valence-electron chi connectivity index (χ4n) is 1.88. The number of hydrogen-bond donors (Lipinski definition) is 2. The number of benzene rings is 1. The Bertz CT molecular complexity index is 460. The highest BCUT2D eigenvalue weighted by molar-refractivity contribution is 5.48. The van der Waals surface area contributed by atoms with Crippen LogP contribution in [0.25, 0.3) is 0 Å². The smallest absolute Gasteiger partial charge is 0.311 e. The molecule has 0 aliphatic heterocycles. The van der Waals surface area contributed by atoms with Crippen molar-refractivity contribution in [3.05, 3.63) is 33.9 Å². The summed E-state index contributed by atoms with van der Waals surface area (Å²) >= 11 is 0. The molecule has 0 heterocycles. The molecule has 0 unspecified atom stereocenters. The first-order chi connectivity index (χ1) is 9.70. The molecule has 1 aromatic rings. The fraction of sp³-hybridized carbons (Fsp3) is 0.571. The maximum absolute atomic E-state index is 11.1. The summed E-state index contributed by atoms with van der Waals surface area (Å²) in [6.45, 7) is 1.13. The van der Waals surface area contributed by atoms with Crippen LogP contribution in [0.1, 0.15) is 31.2 Å². The molecule has 0 amide bonds. The van der Waals surface area contributed by atoms with Crippen molar-refractivity contribution in [2.45, 2.75) is 38.3 Å². The summed E-state index contributed by atoms with van der Waals surface area (Å²) in [4.78, 5) is 10.7. The lowest BCUT2D eigenvalue weighted by Gasteiger charge is -2.08. The first kappa shape index (κ1) is 14.7. The zero-order chi connectivity index (χ0) is 14.4. The number of nitro benzene ring substituents is 1. The topological polar surface area (TPSA) is 84.6 Å². The van der Waals surface area contributed by atoms with Crippen LogP contribution in [0.2, 0.25) is 0 Å². The highest BCUT2D eigenvalue weighted by Gasteiger charge is 2.21. The number of nitro groups is 1. The van der Waals surface area contributed by atoms with Crippen molar-refractivity contribution >= 4 is 5.69 Å². The highest BCUT2D eigenvalue weighted by atomic mass is 16.6. The van der Waals surface area contributed by atoms with Crippen molar-refractivity contribution in [1.82, 2.24) is 5.32 Å². The number of hydrogen-bond acceptors (Lipinski definition) is 5. The van der Waals surface area contributed by atoms with E-state index in [9.17, 15) is 10.1 Å². The van der Waals surface area contributed by atoms with Gasteiger partial charge in [-0.2, -0.15) is 0 Å². The van der Waals surface area contributed by atoms with Gasteiger partial charge in [0.05, 0.1) is 11.5 Å². The maximum Gasteiger partial charge on any atom is 0.311 e. The summed E-state index contributed by atoms with van der Waals surface area (Å²) in [5, 5.41) is 23.1. The molecule has 6 heteroatoms. The first-order valence-corrected chi connectivity index (χ1v) is 6.95. The molecule has 6 nitrogen and oxygen atoms in total. The Balaban J connectivity index is 1.96. The molecule has 0 bridgehead atoms. The molecule has 2 rings (SSSR count). The number of ether oxygens (including phenoxy) is 1. The zero-order valence-corrected chi connectivity index (χ0v) is 11.4. The Labute approximate surface area is 117 Å². The summed E-state index contributed by atoms with van der Waals surface area (Å²) in [5.74, 6) is 0.295. The van der Waals surface area contributed by atoms with Gasteiger partial charge in [0.25, 0.3) is 0 Å². The van der Waals surface area contributed by atoms with Gasteiger partial charge in [-0.3, -0.25) is 10.1 Å². The minimum atomic E-state index is -0.415.